The molecule has 1 N–H and O–H groups in total. The van der Waals surface area contributed by atoms with Crippen LogP contribution in [0.1, 0.15) is 17.7 Å². The molecule has 1 amide bonds. The summed E-state index contributed by atoms with van der Waals surface area (Å²) in [5.41, 5.74) is 0.936. The van der Waals surface area contributed by atoms with Gasteiger partial charge in [-0.15, -0.1) is 0 Å². The first kappa shape index (κ1) is 15.1. The highest BCUT2D eigenvalue weighted by molar-refractivity contribution is 5.67. The van der Waals surface area contributed by atoms with E-state index in [2.05, 4.69) is 0 Å². The van der Waals surface area contributed by atoms with Crippen LogP contribution < -0.4 is 0 Å². The lowest BCUT2D eigenvalue weighted by atomic mass is 10.2. The van der Waals surface area contributed by atoms with Gasteiger partial charge in [0.1, 0.15) is 12.4 Å². The van der Waals surface area contributed by atoms with Crippen LogP contribution >= 0.6 is 0 Å². The zero-order valence-corrected chi connectivity index (χ0v) is 11.8. The maximum absolute atomic E-state index is 12.1. The first-order valence-corrected chi connectivity index (χ1v) is 6.88. The maximum atomic E-state index is 12.1. The van der Waals surface area contributed by atoms with E-state index in [9.17, 15) is 4.79 Å². The van der Waals surface area contributed by atoms with Gasteiger partial charge in [-0.3, -0.25) is 0 Å². The molecule has 0 spiro atoms. The van der Waals surface area contributed by atoms with Crippen molar-refractivity contribution in [3.8, 4) is 0 Å². The van der Waals surface area contributed by atoms with Gasteiger partial charge in [-0.05, 0) is 24.1 Å². The van der Waals surface area contributed by atoms with E-state index in [1.807, 2.05) is 30.3 Å². The molecular formula is C16H19NO4. The van der Waals surface area contributed by atoms with Gasteiger partial charge in [-0.25, -0.2) is 4.79 Å². The summed E-state index contributed by atoms with van der Waals surface area (Å²) in [6.07, 6.45) is 1.65. The number of aliphatic hydroxyl groups is 1. The highest BCUT2D eigenvalue weighted by Crippen LogP contribution is 2.09. The van der Waals surface area contributed by atoms with Crippen molar-refractivity contribution >= 4 is 6.09 Å². The Morgan fingerprint density at radius 1 is 1.19 bits per heavy atom. The molecule has 0 unspecified atom stereocenters. The van der Waals surface area contributed by atoms with Crippen LogP contribution in [0.3, 0.4) is 0 Å². The van der Waals surface area contributed by atoms with Crippen LogP contribution in [0.15, 0.2) is 53.1 Å². The molecule has 0 radical (unpaired) electrons. The Morgan fingerprint density at radius 2 is 2.00 bits per heavy atom. The summed E-state index contributed by atoms with van der Waals surface area (Å²) in [4.78, 5) is 13.7. The third kappa shape index (κ3) is 4.96. The summed E-state index contributed by atoms with van der Waals surface area (Å²) in [5.74, 6) is 0.685. The summed E-state index contributed by atoms with van der Waals surface area (Å²) in [6, 6.07) is 13.1. The molecule has 0 aliphatic carbocycles. The number of hydrogen-bond donors (Lipinski definition) is 1. The molecule has 1 heterocycles. The summed E-state index contributed by atoms with van der Waals surface area (Å²) in [5, 5.41) is 8.93. The van der Waals surface area contributed by atoms with Crippen molar-refractivity contribution < 1.29 is 19.1 Å². The molecule has 0 saturated heterocycles. The fourth-order valence-corrected chi connectivity index (χ4v) is 1.90. The van der Waals surface area contributed by atoms with Crippen molar-refractivity contribution in [1.29, 1.82) is 0 Å². The fraction of sp³-hybridized carbons (Fsp3) is 0.312. The van der Waals surface area contributed by atoms with E-state index >= 15 is 0 Å². The molecule has 0 aliphatic rings. The van der Waals surface area contributed by atoms with E-state index in [1.165, 1.54) is 4.90 Å². The van der Waals surface area contributed by atoms with Crippen LogP contribution in [-0.4, -0.2) is 29.3 Å². The largest absolute Gasteiger partial charge is 0.467 e. The number of carbonyl (C=O) groups excluding carboxylic acids is 1. The third-order valence-electron chi connectivity index (χ3n) is 2.98. The summed E-state index contributed by atoms with van der Waals surface area (Å²) >= 11 is 0. The van der Waals surface area contributed by atoms with Crippen LogP contribution in [-0.2, 0) is 17.9 Å². The third-order valence-corrected chi connectivity index (χ3v) is 2.98. The van der Waals surface area contributed by atoms with Gasteiger partial charge >= 0.3 is 6.09 Å². The van der Waals surface area contributed by atoms with Crippen LogP contribution in [0.5, 0.6) is 0 Å². The summed E-state index contributed by atoms with van der Waals surface area (Å²) < 4.78 is 10.5. The van der Waals surface area contributed by atoms with Crippen LogP contribution in [0, 0.1) is 0 Å². The molecule has 5 nitrogen and oxygen atoms in total. The SMILES string of the molecule is O=C(OCc1ccccc1)N(CCCO)Cc1ccco1. The van der Waals surface area contributed by atoms with Crippen molar-refractivity contribution in [3.63, 3.8) is 0 Å². The van der Waals surface area contributed by atoms with E-state index in [0.29, 0.717) is 25.3 Å². The molecule has 21 heavy (non-hydrogen) atoms. The van der Waals surface area contributed by atoms with Gasteiger partial charge in [0.25, 0.3) is 0 Å². The lowest BCUT2D eigenvalue weighted by Crippen LogP contribution is -2.32. The Balaban J connectivity index is 1.90. The number of carbonyl (C=O) groups is 1. The molecule has 0 atom stereocenters. The molecule has 0 bridgehead atoms. The number of hydrogen-bond acceptors (Lipinski definition) is 4. The number of rotatable bonds is 7. The molecule has 0 fully saturated rings. The Morgan fingerprint density at radius 3 is 2.67 bits per heavy atom. The number of aliphatic hydroxyl groups excluding tert-OH is 1. The molecule has 112 valence electrons. The van der Waals surface area contributed by atoms with E-state index in [4.69, 9.17) is 14.3 Å². The monoisotopic (exact) mass is 289 g/mol. The van der Waals surface area contributed by atoms with Crippen LogP contribution in [0.4, 0.5) is 4.79 Å². The van der Waals surface area contributed by atoms with E-state index < -0.39 is 6.09 Å². The topological polar surface area (TPSA) is 62.9 Å². The van der Waals surface area contributed by atoms with Crippen molar-refractivity contribution in [3.05, 3.63) is 60.1 Å². The average Bonchev–Trinajstić information content (AvgIpc) is 3.03. The lowest BCUT2D eigenvalue weighted by Gasteiger charge is -2.20. The molecule has 0 aliphatic heterocycles. The van der Waals surface area contributed by atoms with E-state index in [1.54, 1.807) is 18.4 Å². The second kappa shape index (κ2) is 8.11. The van der Waals surface area contributed by atoms with Crippen molar-refractivity contribution in [2.24, 2.45) is 0 Å². The predicted molar refractivity (Wildman–Crippen MR) is 77.4 cm³/mol. The normalized spacial score (nSPS) is 10.3. The van der Waals surface area contributed by atoms with Crippen LogP contribution in [0.2, 0.25) is 0 Å². The minimum atomic E-state index is -0.413. The number of furan rings is 1. The smallest absolute Gasteiger partial charge is 0.410 e. The molecule has 1 aromatic heterocycles. The summed E-state index contributed by atoms with van der Waals surface area (Å²) in [7, 11) is 0. The molecule has 1 aromatic carbocycles. The average molecular weight is 289 g/mol. The Hall–Kier alpha value is -2.27. The first-order valence-electron chi connectivity index (χ1n) is 6.88. The Kier molecular flexibility index (Phi) is 5.84. The van der Waals surface area contributed by atoms with Gasteiger partial charge < -0.3 is 19.2 Å². The number of ether oxygens (including phenoxy) is 1. The zero-order valence-electron chi connectivity index (χ0n) is 11.8. The van der Waals surface area contributed by atoms with Crippen molar-refractivity contribution in [2.75, 3.05) is 13.2 Å². The number of amides is 1. The molecule has 2 rings (SSSR count). The second-order valence-electron chi connectivity index (χ2n) is 4.62. The zero-order chi connectivity index (χ0) is 14.9. The first-order chi connectivity index (χ1) is 10.3. The maximum Gasteiger partial charge on any atom is 0.410 e. The number of benzene rings is 1. The van der Waals surface area contributed by atoms with Gasteiger partial charge in [-0.2, -0.15) is 0 Å². The highest BCUT2D eigenvalue weighted by atomic mass is 16.6. The van der Waals surface area contributed by atoms with Crippen molar-refractivity contribution in [2.45, 2.75) is 19.6 Å². The van der Waals surface area contributed by atoms with Gasteiger partial charge in [0, 0.05) is 13.2 Å². The Labute approximate surface area is 123 Å². The molecule has 5 heteroatoms. The highest BCUT2D eigenvalue weighted by Gasteiger charge is 2.16. The summed E-state index contributed by atoms with van der Waals surface area (Å²) in [6.45, 7) is 1.01. The standard InChI is InChI=1S/C16H19NO4/c18-10-5-9-17(12-15-8-4-11-20-15)16(19)21-13-14-6-2-1-3-7-14/h1-4,6-8,11,18H,5,9-10,12-13H2. The van der Waals surface area contributed by atoms with Crippen molar-refractivity contribution in [1.82, 2.24) is 4.90 Å². The molecule has 0 saturated carbocycles. The van der Waals surface area contributed by atoms with Gasteiger partial charge in [0.05, 0.1) is 12.8 Å². The van der Waals surface area contributed by atoms with Gasteiger partial charge in [0.2, 0.25) is 0 Å². The molecule has 2 aromatic rings. The van der Waals surface area contributed by atoms with E-state index in [0.717, 1.165) is 5.56 Å². The lowest BCUT2D eigenvalue weighted by molar-refractivity contribution is 0.0884. The van der Waals surface area contributed by atoms with Gasteiger partial charge in [0.15, 0.2) is 0 Å². The van der Waals surface area contributed by atoms with E-state index in [-0.39, 0.29) is 13.2 Å². The Bertz CT molecular complexity index is 524. The molecular weight excluding hydrogens is 270 g/mol. The number of nitrogens with zero attached hydrogens (tertiary/aromatic N) is 1. The minimum Gasteiger partial charge on any atom is -0.467 e. The minimum absolute atomic E-state index is 0.0284. The second-order valence-corrected chi connectivity index (χ2v) is 4.62. The predicted octanol–water partition coefficient (Wildman–Crippen LogP) is 2.80. The fourth-order valence-electron chi connectivity index (χ4n) is 1.90. The van der Waals surface area contributed by atoms with Crippen LogP contribution in [0.25, 0.3) is 0 Å². The van der Waals surface area contributed by atoms with Gasteiger partial charge in [-0.1, -0.05) is 30.3 Å². The quantitative estimate of drug-likeness (QED) is 0.851.